The Kier molecular flexibility index (Phi) is 2.87. The number of nitrogens with zero attached hydrogens (tertiary/aromatic N) is 2. The molecule has 0 saturated carbocycles. The van der Waals surface area contributed by atoms with Gasteiger partial charge in [0.25, 0.3) is 5.91 Å². The second-order valence-corrected chi connectivity index (χ2v) is 5.00. The number of aromatic nitrogens is 2. The molecule has 96 valence electrons. The summed E-state index contributed by atoms with van der Waals surface area (Å²) in [6, 6.07) is 9.06. The minimum Gasteiger partial charge on any atom is -0.451 e. The van der Waals surface area contributed by atoms with Crippen LogP contribution in [0.15, 0.2) is 45.4 Å². The van der Waals surface area contributed by atoms with Gasteiger partial charge in [-0.25, -0.2) is 0 Å². The van der Waals surface area contributed by atoms with Gasteiger partial charge in [0.15, 0.2) is 5.76 Å². The Balaban J connectivity index is 1.91. The van der Waals surface area contributed by atoms with Crippen molar-refractivity contribution in [2.75, 3.05) is 5.32 Å². The molecule has 0 unspecified atom stereocenters. The number of aryl methyl sites for hydroxylation is 1. The molecule has 19 heavy (non-hydrogen) atoms. The van der Waals surface area contributed by atoms with E-state index in [1.807, 2.05) is 18.2 Å². The van der Waals surface area contributed by atoms with E-state index < -0.39 is 0 Å². The van der Waals surface area contributed by atoms with Gasteiger partial charge in [-0.15, -0.1) is 0 Å². The van der Waals surface area contributed by atoms with Crippen LogP contribution >= 0.6 is 15.9 Å². The van der Waals surface area contributed by atoms with Crippen LogP contribution in [-0.2, 0) is 7.05 Å². The van der Waals surface area contributed by atoms with Crippen LogP contribution in [0.25, 0.3) is 11.0 Å². The fourth-order valence-corrected chi connectivity index (χ4v) is 2.13. The number of carbonyl (C=O) groups excluding carboxylic acids is 1. The number of hydrogen-bond donors (Lipinski definition) is 1. The third-order valence-corrected chi connectivity index (χ3v) is 3.26. The predicted octanol–water partition coefficient (Wildman–Crippen LogP) is 3.18. The van der Waals surface area contributed by atoms with Crippen LogP contribution in [0.2, 0.25) is 0 Å². The highest BCUT2D eigenvalue weighted by Crippen LogP contribution is 2.23. The lowest BCUT2D eigenvalue weighted by Gasteiger charge is -2.02. The van der Waals surface area contributed by atoms with Gasteiger partial charge < -0.3 is 9.73 Å². The average molecular weight is 320 g/mol. The molecule has 0 aliphatic heterocycles. The number of halogens is 1. The molecular formula is C13H10BrN3O2. The minimum absolute atomic E-state index is 0.273. The van der Waals surface area contributed by atoms with Crippen molar-refractivity contribution in [2.24, 2.45) is 7.05 Å². The number of nitrogens with one attached hydrogen (secondary N) is 1. The summed E-state index contributed by atoms with van der Waals surface area (Å²) in [5.74, 6) is 0.594. The van der Waals surface area contributed by atoms with E-state index in [0.717, 1.165) is 9.86 Å². The second kappa shape index (κ2) is 4.55. The summed E-state index contributed by atoms with van der Waals surface area (Å²) < 4.78 is 8.02. The van der Waals surface area contributed by atoms with Crippen molar-refractivity contribution >= 4 is 38.6 Å². The maximum atomic E-state index is 12.1. The Morgan fingerprint density at radius 1 is 1.37 bits per heavy atom. The topological polar surface area (TPSA) is 60.1 Å². The summed E-state index contributed by atoms with van der Waals surface area (Å²) in [6.45, 7) is 0. The van der Waals surface area contributed by atoms with Crippen molar-refractivity contribution in [1.82, 2.24) is 9.78 Å². The van der Waals surface area contributed by atoms with Gasteiger partial charge in [-0.1, -0.05) is 15.9 Å². The maximum Gasteiger partial charge on any atom is 0.292 e. The molecule has 6 heteroatoms. The molecule has 3 rings (SSSR count). The largest absolute Gasteiger partial charge is 0.451 e. The van der Waals surface area contributed by atoms with Crippen LogP contribution in [-0.4, -0.2) is 15.7 Å². The Morgan fingerprint density at radius 2 is 2.21 bits per heavy atom. The van der Waals surface area contributed by atoms with Crippen LogP contribution in [0.1, 0.15) is 10.6 Å². The molecule has 0 saturated heterocycles. The lowest BCUT2D eigenvalue weighted by atomic mass is 10.2. The zero-order chi connectivity index (χ0) is 13.4. The second-order valence-electron chi connectivity index (χ2n) is 4.09. The fourth-order valence-electron chi connectivity index (χ4n) is 1.79. The van der Waals surface area contributed by atoms with Gasteiger partial charge in [0.1, 0.15) is 11.4 Å². The summed E-state index contributed by atoms with van der Waals surface area (Å²) in [6.07, 6.45) is 1.62. The molecule has 5 nitrogen and oxygen atoms in total. The number of fused-ring (bicyclic) bond motifs is 1. The monoisotopic (exact) mass is 319 g/mol. The van der Waals surface area contributed by atoms with Gasteiger partial charge in [-0.2, -0.15) is 5.10 Å². The highest BCUT2D eigenvalue weighted by atomic mass is 79.9. The van der Waals surface area contributed by atoms with Crippen LogP contribution in [0.5, 0.6) is 0 Å². The SMILES string of the molecule is Cn1nccc1NC(=O)c1cc2ccc(Br)cc2o1. The number of amides is 1. The van der Waals surface area contributed by atoms with Crippen molar-refractivity contribution < 1.29 is 9.21 Å². The number of anilines is 1. The standard InChI is InChI=1S/C13H10BrN3O2/c1-17-12(4-5-15-17)16-13(18)11-6-8-2-3-9(14)7-10(8)19-11/h2-7H,1H3,(H,16,18). The summed E-state index contributed by atoms with van der Waals surface area (Å²) in [5, 5.41) is 7.61. The third-order valence-electron chi connectivity index (χ3n) is 2.77. The first-order chi connectivity index (χ1) is 9.13. The first-order valence-electron chi connectivity index (χ1n) is 5.62. The summed E-state index contributed by atoms with van der Waals surface area (Å²) >= 11 is 3.36. The zero-order valence-corrected chi connectivity index (χ0v) is 11.6. The lowest BCUT2D eigenvalue weighted by Crippen LogP contribution is -2.13. The van der Waals surface area contributed by atoms with Gasteiger partial charge in [0.05, 0.1) is 6.20 Å². The molecule has 0 aliphatic carbocycles. The average Bonchev–Trinajstić information content (AvgIpc) is 2.96. The summed E-state index contributed by atoms with van der Waals surface area (Å²) in [7, 11) is 1.76. The predicted molar refractivity (Wildman–Crippen MR) is 75.1 cm³/mol. The van der Waals surface area contributed by atoms with Gasteiger partial charge in [0.2, 0.25) is 0 Å². The van der Waals surface area contributed by atoms with Crippen LogP contribution in [0.3, 0.4) is 0 Å². The molecule has 0 aliphatic rings. The molecule has 3 aromatic rings. The van der Waals surface area contributed by atoms with Crippen LogP contribution in [0, 0.1) is 0 Å². The van der Waals surface area contributed by atoms with E-state index in [2.05, 4.69) is 26.3 Å². The molecule has 0 spiro atoms. The fraction of sp³-hybridized carbons (Fsp3) is 0.0769. The van der Waals surface area contributed by atoms with E-state index in [1.54, 1.807) is 30.1 Å². The Labute approximate surface area is 117 Å². The van der Waals surface area contributed by atoms with E-state index in [-0.39, 0.29) is 11.7 Å². The Bertz CT molecular complexity index is 760. The third kappa shape index (κ3) is 2.26. The number of hydrogen-bond acceptors (Lipinski definition) is 3. The number of carbonyl (C=O) groups is 1. The molecular weight excluding hydrogens is 310 g/mol. The molecule has 0 bridgehead atoms. The van der Waals surface area contributed by atoms with Gasteiger partial charge in [0, 0.05) is 23.0 Å². The van der Waals surface area contributed by atoms with Crippen molar-refractivity contribution in [3.63, 3.8) is 0 Å². The van der Waals surface area contributed by atoms with E-state index in [9.17, 15) is 4.79 Å². The van der Waals surface area contributed by atoms with E-state index in [0.29, 0.717) is 11.4 Å². The van der Waals surface area contributed by atoms with Crippen LogP contribution < -0.4 is 5.32 Å². The Morgan fingerprint density at radius 3 is 2.95 bits per heavy atom. The molecule has 0 fully saturated rings. The quantitative estimate of drug-likeness (QED) is 0.789. The molecule has 2 aromatic heterocycles. The lowest BCUT2D eigenvalue weighted by molar-refractivity contribution is 0.0998. The molecule has 1 amide bonds. The summed E-state index contributed by atoms with van der Waals surface area (Å²) in [4.78, 5) is 12.1. The van der Waals surface area contributed by atoms with Gasteiger partial charge >= 0.3 is 0 Å². The highest BCUT2D eigenvalue weighted by molar-refractivity contribution is 9.10. The van der Waals surface area contributed by atoms with Gasteiger partial charge in [-0.05, 0) is 24.3 Å². The normalized spacial score (nSPS) is 10.8. The highest BCUT2D eigenvalue weighted by Gasteiger charge is 2.13. The van der Waals surface area contributed by atoms with E-state index >= 15 is 0 Å². The first kappa shape index (κ1) is 12.0. The minimum atomic E-state index is -0.295. The maximum absolute atomic E-state index is 12.1. The van der Waals surface area contributed by atoms with Crippen LogP contribution in [0.4, 0.5) is 5.82 Å². The molecule has 1 aromatic carbocycles. The molecule has 1 N–H and O–H groups in total. The van der Waals surface area contributed by atoms with Crippen molar-refractivity contribution in [1.29, 1.82) is 0 Å². The van der Waals surface area contributed by atoms with Crippen molar-refractivity contribution in [3.05, 3.63) is 46.8 Å². The zero-order valence-electron chi connectivity index (χ0n) is 10.1. The van der Waals surface area contributed by atoms with E-state index in [4.69, 9.17) is 4.42 Å². The number of furan rings is 1. The number of rotatable bonds is 2. The molecule has 2 heterocycles. The first-order valence-corrected chi connectivity index (χ1v) is 6.41. The smallest absolute Gasteiger partial charge is 0.292 e. The van der Waals surface area contributed by atoms with Crippen molar-refractivity contribution in [3.8, 4) is 0 Å². The summed E-state index contributed by atoms with van der Waals surface area (Å²) in [5.41, 5.74) is 0.671. The van der Waals surface area contributed by atoms with Crippen molar-refractivity contribution in [2.45, 2.75) is 0 Å². The van der Waals surface area contributed by atoms with Gasteiger partial charge in [-0.3, -0.25) is 9.48 Å². The molecule has 0 radical (unpaired) electrons. The van der Waals surface area contributed by atoms with E-state index in [1.165, 1.54) is 0 Å². The Hall–Kier alpha value is -2.08. The molecule has 0 atom stereocenters. The number of benzene rings is 1.